The number of thiocarbonyl (C=S) groups is 1. The number of nitrogens with zero attached hydrogens (tertiary/aromatic N) is 3. The van der Waals surface area contributed by atoms with Crippen molar-refractivity contribution in [2.45, 2.75) is 18.2 Å². The van der Waals surface area contributed by atoms with Gasteiger partial charge in [-0.15, -0.1) is 10.2 Å². The Labute approximate surface area is 125 Å². The zero-order chi connectivity index (χ0) is 14.8. The zero-order valence-corrected chi connectivity index (χ0v) is 12.8. The summed E-state index contributed by atoms with van der Waals surface area (Å²) in [5.41, 5.74) is 5.53. The lowest BCUT2D eigenvalue weighted by Gasteiger charge is -2.08. The average molecular weight is 329 g/mol. The number of nitrogens with two attached hydrogens (primary N) is 1. The fraction of sp³-hybridized carbons (Fsp3) is 0.200. The molecule has 2 aromatic heterocycles. The molecule has 0 amide bonds. The number of aryl methyl sites for hydroxylation is 1. The monoisotopic (exact) mass is 329 g/mol. The van der Waals surface area contributed by atoms with Crippen molar-refractivity contribution in [3.63, 3.8) is 0 Å². The third-order valence-corrected chi connectivity index (χ3v) is 4.96. The summed E-state index contributed by atoms with van der Waals surface area (Å²) in [4.78, 5) is 3.72. The van der Waals surface area contributed by atoms with E-state index in [-0.39, 0.29) is 20.7 Å². The molecular formula is C10H11N5O2S3. The van der Waals surface area contributed by atoms with Gasteiger partial charge in [-0.1, -0.05) is 30.5 Å². The van der Waals surface area contributed by atoms with E-state index >= 15 is 0 Å². The normalized spacial score (nSPS) is 11.2. The van der Waals surface area contributed by atoms with Crippen molar-refractivity contribution < 1.29 is 8.42 Å². The molecule has 106 valence electrons. The SMILES string of the molecule is CCc1nnc(NS(=O)(=O)c2cccnc2C(N)=S)s1. The molecule has 0 aromatic carbocycles. The maximum atomic E-state index is 12.3. The molecule has 0 bridgehead atoms. The van der Waals surface area contributed by atoms with Gasteiger partial charge in [-0.25, -0.2) is 8.42 Å². The third kappa shape index (κ3) is 3.08. The van der Waals surface area contributed by atoms with E-state index in [1.165, 1.54) is 29.7 Å². The molecule has 2 aromatic rings. The third-order valence-electron chi connectivity index (χ3n) is 2.28. The Morgan fingerprint density at radius 1 is 1.50 bits per heavy atom. The van der Waals surface area contributed by atoms with Gasteiger partial charge < -0.3 is 5.73 Å². The van der Waals surface area contributed by atoms with Crippen molar-refractivity contribution in [2.75, 3.05) is 4.72 Å². The highest BCUT2D eigenvalue weighted by Gasteiger charge is 2.22. The number of rotatable bonds is 5. The fourth-order valence-electron chi connectivity index (χ4n) is 1.40. The lowest BCUT2D eigenvalue weighted by atomic mass is 10.3. The minimum Gasteiger partial charge on any atom is -0.388 e. The fourth-order valence-corrected chi connectivity index (χ4v) is 3.71. The standard InChI is InChI=1S/C10H11N5O2S3/c1-2-7-13-14-10(19-7)15-20(16,17)6-4-3-5-12-8(6)9(11)18/h3-5H,2H2,1H3,(H2,11,18)(H,14,15). The number of hydrogen-bond acceptors (Lipinski definition) is 7. The number of hydrogen-bond donors (Lipinski definition) is 2. The number of anilines is 1. The highest BCUT2D eigenvalue weighted by atomic mass is 32.2. The van der Waals surface area contributed by atoms with E-state index < -0.39 is 10.0 Å². The molecule has 0 aliphatic carbocycles. The van der Waals surface area contributed by atoms with Gasteiger partial charge in [0.1, 0.15) is 20.6 Å². The highest BCUT2D eigenvalue weighted by molar-refractivity contribution is 7.93. The summed E-state index contributed by atoms with van der Waals surface area (Å²) < 4.78 is 26.9. The van der Waals surface area contributed by atoms with Crippen LogP contribution < -0.4 is 10.5 Å². The average Bonchev–Trinajstić information content (AvgIpc) is 2.85. The lowest BCUT2D eigenvalue weighted by Crippen LogP contribution is -2.21. The first-order chi connectivity index (χ1) is 9.44. The maximum absolute atomic E-state index is 12.3. The second-order valence-corrected chi connectivity index (χ2v) is 6.83. The van der Waals surface area contributed by atoms with Gasteiger partial charge in [0.25, 0.3) is 10.0 Å². The van der Waals surface area contributed by atoms with Crippen LogP contribution in [-0.2, 0) is 16.4 Å². The van der Waals surface area contributed by atoms with Crippen molar-refractivity contribution in [1.29, 1.82) is 0 Å². The van der Waals surface area contributed by atoms with Gasteiger partial charge in [0.2, 0.25) is 5.13 Å². The molecule has 0 spiro atoms. The van der Waals surface area contributed by atoms with Gasteiger partial charge in [-0.05, 0) is 18.6 Å². The van der Waals surface area contributed by atoms with Crippen LogP contribution in [0.3, 0.4) is 0 Å². The molecule has 0 aliphatic rings. The van der Waals surface area contributed by atoms with Crippen LogP contribution in [0.1, 0.15) is 17.6 Å². The largest absolute Gasteiger partial charge is 0.388 e. The molecule has 2 heterocycles. The maximum Gasteiger partial charge on any atom is 0.265 e. The summed E-state index contributed by atoms with van der Waals surface area (Å²) in [6, 6.07) is 2.87. The first kappa shape index (κ1) is 14.8. The number of nitrogens with one attached hydrogen (secondary N) is 1. The zero-order valence-electron chi connectivity index (χ0n) is 10.4. The molecular weight excluding hydrogens is 318 g/mol. The topological polar surface area (TPSA) is 111 Å². The molecule has 0 unspecified atom stereocenters. The molecule has 7 nitrogen and oxygen atoms in total. The van der Waals surface area contributed by atoms with E-state index in [4.69, 9.17) is 18.0 Å². The molecule has 0 saturated heterocycles. The van der Waals surface area contributed by atoms with Crippen LogP contribution in [0.25, 0.3) is 0 Å². The van der Waals surface area contributed by atoms with E-state index in [2.05, 4.69) is 19.9 Å². The second kappa shape index (κ2) is 5.77. The lowest BCUT2D eigenvalue weighted by molar-refractivity contribution is 0.600. The summed E-state index contributed by atoms with van der Waals surface area (Å²) in [5, 5.41) is 8.54. The van der Waals surface area contributed by atoms with Gasteiger partial charge >= 0.3 is 0 Å². The van der Waals surface area contributed by atoms with E-state index in [9.17, 15) is 8.42 Å². The molecule has 0 atom stereocenters. The highest BCUT2D eigenvalue weighted by Crippen LogP contribution is 2.21. The van der Waals surface area contributed by atoms with Crippen LogP contribution in [0, 0.1) is 0 Å². The predicted molar refractivity (Wildman–Crippen MR) is 80.2 cm³/mol. The van der Waals surface area contributed by atoms with Gasteiger partial charge in [-0.3, -0.25) is 9.71 Å². The molecule has 3 N–H and O–H groups in total. The van der Waals surface area contributed by atoms with Crippen molar-refractivity contribution in [2.24, 2.45) is 5.73 Å². The Morgan fingerprint density at radius 2 is 2.25 bits per heavy atom. The van der Waals surface area contributed by atoms with Crippen molar-refractivity contribution >= 4 is 43.7 Å². The minimum absolute atomic E-state index is 0.0511. The molecule has 10 heteroatoms. The van der Waals surface area contributed by atoms with Gasteiger partial charge in [0.15, 0.2) is 0 Å². The van der Waals surface area contributed by atoms with E-state index in [1.807, 2.05) is 6.92 Å². The number of aromatic nitrogens is 3. The van der Waals surface area contributed by atoms with Gasteiger partial charge in [-0.2, -0.15) is 0 Å². The van der Waals surface area contributed by atoms with Crippen molar-refractivity contribution in [3.05, 3.63) is 29.0 Å². The van der Waals surface area contributed by atoms with Crippen molar-refractivity contribution in [3.8, 4) is 0 Å². The Balaban J connectivity index is 2.38. The molecule has 2 rings (SSSR count). The number of pyridine rings is 1. The van der Waals surface area contributed by atoms with Gasteiger partial charge in [0, 0.05) is 6.20 Å². The first-order valence-corrected chi connectivity index (χ1v) is 8.25. The van der Waals surface area contributed by atoms with Crippen LogP contribution in [0.15, 0.2) is 23.2 Å². The Kier molecular flexibility index (Phi) is 4.26. The van der Waals surface area contributed by atoms with Crippen molar-refractivity contribution in [1.82, 2.24) is 15.2 Å². The quantitative estimate of drug-likeness (QED) is 0.785. The second-order valence-electron chi connectivity index (χ2n) is 3.67. The minimum atomic E-state index is -3.86. The molecule has 20 heavy (non-hydrogen) atoms. The number of sulfonamides is 1. The van der Waals surface area contributed by atoms with E-state index in [0.717, 1.165) is 5.01 Å². The van der Waals surface area contributed by atoms with Gasteiger partial charge in [0.05, 0.1) is 0 Å². The van der Waals surface area contributed by atoms with Crippen LogP contribution in [-0.4, -0.2) is 28.6 Å². The Morgan fingerprint density at radius 3 is 2.85 bits per heavy atom. The molecule has 0 fully saturated rings. The van der Waals surface area contributed by atoms with E-state index in [1.54, 1.807) is 0 Å². The molecule has 0 radical (unpaired) electrons. The summed E-state index contributed by atoms with van der Waals surface area (Å²) >= 11 is 5.98. The molecule has 0 aliphatic heterocycles. The van der Waals surface area contributed by atoms with Crippen LogP contribution >= 0.6 is 23.6 Å². The molecule has 0 saturated carbocycles. The van der Waals surface area contributed by atoms with Crippen LogP contribution in [0.4, 0.5) is 5.13 Å². The predicted octanol–water partition coefficient (Wildman–Crippen LogP) is 0.931. The smallest absolute Gasteiger partial charge is 0.265 e. The Bertz CT molecular complexity index is 741. The van der Waals surface area contributed by atoms with E-state index in [0.29, 0.717) is 6.42 Å². The summed E-state index contributed by atoms with van der Waals surface area (Å²) in [6.07, 6.45) is 2.11. The summed E-state index contributed by atoms with van der Waals surface area (Å²) in [6.45, 7) is 1.91. The Hall–Kier alpha value is -1.65. The summed E-state index contributed by atoms with van der Waals surface area (Å²) in [7, 11) is -3.86. The van der Waals surface area contributed by atoms with Crippen LogP contribution in [0.2, 0.25) is 0 Å². The van der Waals surface area contributed by atoms with Crippen LogP contribution in [0.5, 0.6) is 0 Å². The first-order valence-electron chi connectivity index (χ1n) is 5.54. The summed E-state index contributed by atoms with van der Waals surface area (Å²) in [5.74, 6) is 0.